The second kappa shape index (κ2) is 8.23. The van der Waals surface area contributed by atoms with Gasteiger partial charge in [-0.25, -0.2) is 0 Å². The third kappa shape index (κ3) is 4.36. The summed E-state index contributed by atoms with van der Waals surface area (Å²) in [7, 11) is 0. The summed E-state index contributed by atoms with van der Waals surface area (Å²) < 4.78 is 0. The molecule has 0 saturated carbocycles. The van der Waals surface area contributed by atoms with E-state index in [4.69, 9.17) is 23.2 Å². The zero-order chi connectivity index (χ0) is 15.2. The summed E-state index contributed by atoms with van der Waals surface area (Å²) in [6, 6.07) is 5.81. The Kier molecular flexibility index (Phi) is 7.32. The van der Waals surface area contributed by atoms with Crippen LogP contribution in [0.5, 0.6) is 0 Å². The van der Waals surface area contributed by atoms with Gasteiger partial charge in [0.05, 0.1) is 0 Å². The highest BCUT2D eigenvalue weighted by Gasteiger charge is 2.26. The maximum absolute atomic E-state index is 9.64. The van der Waals surface area contributed by atoms with E-state index in [1.165, 1.54) is 0 Å². The van der Waals surface area contributed by atoms with Crippen molar-refractivity contribution in [1.29, 1.82) is 0 Å². The Morgan fingerprint density at radius 1 is 1.20 bits per heavy atom. The molecule has 0 spiro atoms. The molecule has 0 fully saturated rings. The minimum Gasteiger partial charge on any atom is -0.396 e. The molecule has 0 aliphatic rings. The lowest BCUT2D eigenvalue weighted by Gasteiger charge is -2.32. The molecule has 20 heavy (non-hydrogen) atoms. The van der Waals surface area contributed by atoms with Gasteiger partial charge in [-0.1, -0.05) is 50.0 Å². The van der Waals surface area contributed by atoms with E-state index in [1.807, 2.05) is 12.1 Å². The average molecular weight is 318 g/mol. The number of benzene rings is 1. The third-order valence-electron chi connectivity index (χ3n) is 4.31. The summed E-state index contributed by atoms with van der Waals surface area (Å²) in [5.74, 6) is 0. The second-order valence-corrected chi connectivity index (χ2v) is 6.22. The number of halogens is 2. The van der Waals surface area contributed by atoms with Gasteiger partial charge >= 0.3 is 0 Å². The number of hydrogen-bond donors (Lipinski definition) is 2. The average Bonchev–Trinajstić information content (AvgIpc) is 2.46. The molecule has 0 amide bonds. The molecule has 2 N–H and O–H groups in total. The van der Waals surface area contributed by atoms with Crippen LogP contribution in [-0.4, -0.2) is 18.3 Å². The van der Waals surface area contributed by atoms with Crippen LogP contribution in [0.3, 0.4) is 0 Å². The van der Waals surface area contributed by atoms with Crippen molar-refractivity contribution in [3.8, 4) is 0 Å². The molecule has 0 saturated heterocycles. The predicted octanol–water partition coefficient (Wildman–Crippen LogP) is 4.83. The molecule has 0 aromatic heterocycles. The van der Waals surface area contributed by atoms with Crippen molar-refractivity contribution in [2.75, 3.05) is 13.2 Å². The molecule has 0 aliphatic heterocycles. The molecule has 0 bridgehead atoms. The molecule has 0 aliphatic carbocycles. The molecule has 4 heteroatoms. The topological polar surface area (TPSA) is 32.3 Å². The largest absolute Gasteiger partial charge is 0.396 e. The SMILES string of the molecule is CCC(NCC(CC)(CC)CO)c1ccc(Cl)cc1Cl. The van der Waals surface area contributed by atoms with Gasteiger partial charge in [0, 0.05) is 34.7 Å². The van der Waals surface area contributed by atoms with Crippen molar-refractivity contribution in [1.82, 2.24) is 5.32 Å². The van der Waals surface area contributed by atoms with Gasteiger partial charge in [-0.05, 0) is 37.0 Å². The molecule has 1 rings (SSSR count). The molecular formula is C16H25Cl2NO. The first-order valence-corrected chi connectivity index (χ1v) is 8.06. The quantitative estimate of drug-likeness (QED) is 0.719. The highest BCUT2D eigenvalue weighted by Crippen LogP contribution is 2.30. The number of rotatable bonds is 8. The van der Waals surface area contributed by atoms with Crippen LogP contribution in [0, 0.1) is 5.41 Å². The Hall–Kier alpha value is -0.280. The van der Waals surface area contributed by atoms with E-state index < -0.39 is 0 Å². The van der Waals surface area contributed by atoms with Crippen LogP contribution in [0.4, 0.5) is 0 Å². The minimum absolute atomic E-state index is 0.0493. The van der Waals surface area contributed by atoms with Gasteiger partial charge in [-0.15, -0.1) is 0 Å². The van der Waals surface area contributed by atoms with Crippen LogP contribution in [0.1, 0.15) is 51.6 Å². The Balaban J connectivity index is 2.82. The van der Waals surface area contributed by atoms with Crippen LogP contribution >= 0.6 is 23.2 Å². The van der Waals surface area contributed by atoms with Crippen molar-refractivity contribution < 1.29 is 5.11 Å². The van der Waals surface area contributed by atoms with Crippen LogP contribution in [0.2, 0.25) is 10.0 Å². The van der Waals surface area contributed by atoms with E-state index in [0.29, 0.717) is 10.0 Å². The monoisotopic (exact) mass is 317 g/mol. The first-order chi connectivity index (χ1) is 9.51. The van der Waals surface area contributed by atoms with E-state index in [9.17, 15) is 5.11 Å². The fourth-order valence-electron chi connectivity index (χ4n) is 2.38. The number of nitrogens with one attached hydrogen (secondary N) is 1. The van der Waals surface area contributed by atoms with Crippen LogP contribution in [-0.2, 0) is 0 Å². The summed E-state index contributed by atoms with van der Waals surface area (Å²) in [6.07, 6.45) is 2.85. The van der Waals surface area contributed by atoms with Crippen LogP contribution in [0.25, 0.3) is 0 Å². The first kappa shape index (κ1) is 17.8. The lowest BCUT2D eigenvalue weighted by atomic mass is 9.83. The zero-order valence-corrected chi connectivity index (χ0v) is 14.1. The molecule has 114 valence electrons. The zero-order valence-electron chi connectivity index (χ0n) is 12.5. The number of aliphatic hydroxyl groups excluding tert-OH is 1. The molecule has 1 unspecified atom stereocenters. The van der Waals surface area contributed by atoms with Gasteiger partial charge in [0.15, 0.2) is 0 Å². The van der Waals surface area contributed by atoms with Gasteiger partial charge in [0.25, 0.3) is 0 Å². The lowest BCUT2D eigenvalue weighted by molar-refractivity contribution is 0.109. The minimum atomic E-state index is -0.0493. The van der Waals surface area contributed by atoms with E-state index in [2.05, 4.69) is 26.1 Å². The molecule has 1 aromatic rings. The van der Waals surface area contributed by atoms with Gasteiger partial charge in [0.1, 0.15) is 0 Å². The molecule has 0 radical (unpaired) electrons. The van der Waals surface area contributed by atoms with Crippen molar-refractivity contribution in [2.24, 2.45) is 5.41 Å². The maximum atomic E-state index is 9.64. The van der Waals surface area contributed by atoms with Crippen molar-refractivity contribution in [2.45, 2.75) is 46.1 Å². The molecule has 2 nitrogen and oxygen atoms in total. The fourth-order valence-corrected chi connectivity index (χ4v) is 2.92. The lowest BCUT2D eigenvalue weighted by Crippen LogP contribution is -2.38. The van der Waals surface area contributed by atoms with Gasteiger partial charge in [-0.3, -0.25) is 0 Å². The standard InChI is InChI=1S/C16H25Cl2NO/c1-4-15(13-8-7-12(17)9-14(13)18)19-10-16(5-2,6-3)11-20/h7-9,15,19-20H,4-6,10-11H2,1-3H3. The summed E-state index contributed by atoms with van der Waals surface area (Å²) in [4.78, 5) is 0. The van der Waals surface area contributed by atoms with Crippen molar-refractivity contribution in [3.05, 3.63) is 33.8 Å². The van der Waals surface area contributed by atoms with Crippen molar-refractivity contribution >= 4 is 23.2 Å². The van der Waals surface area contributed by atoms with Gasteiger partial charge < -0.3 is 10.4 Å². The van der Waals surface area contributed by atoms with E-state index >= 15 is 0 Å². The van der Waals surface area contributed by atoms with E-state index in [1.54, 1.807) is 6.07 Å². The van der Waals surface area contributed by atoms with Crippen molar-refractivity contribution in [3.63, 3.8) is 0 Å². The smallest absolute Gasteiger partial charge is 0.0499 e. The number of aliphatic hydroxyl groups is 1. The Labute approximate surface area is 132 Å². The second-order valence-electron chi connectivity index (χ2n) is 5.37. The summed E-state index contributed by atoms with van der Waals surface area (Å²) >= 11 is 12.2. The Morgan fingerprint density at radius 3 is 2.30 bits per heavy atom. The Bertz CT molecular complexity index is 411. The van der Waals surface area contributed by atoms with Gasteiger partial charge in [0.2, 0.25) is 0 Å². The van der Waals surface area contributed by atoms with Crippen LogP contribution in [0.15, 0.2) is 18.2 Å². The third-order valence-corrected chi connectivity index (χ3v) is 4.87. The Morgan fingerprint density at radius 2 is 1.85 bits per heavy atom. The van der Waals surface area contributed by atoms with E-state index in [0.717, 1.165) is 31.4 Å². The van der Waals surface area contributed by atoms with E-state index in [-0.39, 0.29) is 18.1 Å². The normalized spacial score (nSPS) is 13.5. The summed E-state index contributed by atoms with van der Waals surface area (Å²) in [5.41, 5.74) is 1.02. The fraction of sp³-hybridized carbons (Fsp3) is 0.625. The summed E-state index contributed by atoms with van der Waals surface area (Å²) in [6.45, 7) is 7.36. The molecule has 1 atom stereocenters. The predicted molar refractivity (Wildman–Crippen MR) is 87.6 cm³/mol. The summed E-state index contributed by atoms with van der Waals surface area (Å²) in [5, 5.41) is 14.5. The maximum Gasteiger partial charge on any atom is 0.0499 e. The van der Waals surface area contributed by atoms with Gasteiger partial charge in [-0.2, -0.15) is 0 Å². The highest BCUT2D eigenvalue weighted by molar-refractivity contribution is 6.35. The molecule has 1 aromatic carbocycles. The first-order valence-electron chi connectivity index (χ1n) is 7.31. The molecule has 0 heterocycles. The highest BCUT2D eigenvalue weighted by atomic mass is 35.5. The number of hydrogen-bond acceptors (Lipinski definition) is 2. The van der Waals surface area contributed by atoms with Crippen LogP contribution < -0.4 is 5.32 Å². The molecular weight excluding hydrogens is 293 g/mol.